The Hall–Kier alpha value is -2.31. The molecule has 0 spiro atoms. The standard InChI is InChI=1S/C12H12N4O4S/c1-16-11(17)5-4-10(12(16)18)15-21(19,20)9-3-2-8(6-13)14-7-9/h2-3,7,10,15H,4-5H2,1H3. The number of imide groups is 1. The van der Waals surface area contributed by atoms with E-state index in [4.69, 9.17) is 5.26 Å². The molecule has 1 aliphatic rings. The van der Waals surface area contributed by atoms with Crippen LogP contribution in [0, 0.1) is 11.3 Å². The van der Waals surface area contributed by atoms with E-state index in [9.17, 15) is 18.0 Å². The minimum absolute atomic E-state index is 0.0908. The van der Waals surface area contributed by atoms with Crippen molar-refractivity contribution < 1.29 is 18.0 Å². The van der Waals surface area contributed by atoms with Crippen LogP contribution < -0.4 is 4.72 Å². The van der Waals surface area contributed by atoms with Gasteiger partial charge in [-0.25, -0.2) is 13.4 Å². The summed E-state index contributed by atoms with van der Waals surface area (Å²) in [5.74, 6) is -0.924. The first-order chi connectivity index (χ1) is 9.85. The van der Waals surface area contributed by atoms with Gasteiger partial charge in [-0.3, -0.25) is 14.5 Å². The van der Waals surface area contributed by atoms with E-state index in [-0.39, 0.29) is 29.3 Å². The molecule has 1 atom stereocenters. The highest BCUT2D eigenvalue weighted by Gasteiger charge is 2.34. The first kappa shape index (κ1) is 15.1. The average molecular weight is 308 g/mol. The van der Waals surface area contributed by atoms with Gasteiger partial charge in [0, 0.05) is 19.7 Å². The number of nitriles is 1. The number of rotatable bonds is 3. The lowest BCUT2D eigenvalue weighted by Gasteiger charge is -2.27. The van der Waals surface area contributed by atoms with Gasteiger partial charge < -0.3 is 0 Å². The maximum absolute atomic E-state index is 12.1. The zero-order chi connectivity index (χ0) is 15.6. The monoisotopic (exact) mass is 308 g/mol. The summed E-state index contributed by atoms with van der Waals surface area (Å²) >= 11 is 0. The highest BCUT2D eigenvalue weighted by molar-refractivity contribution is 7.89. The number of carbonyl (C=O) groups excluding carboxylic acids is 2. The van der Waals surface area contributed by atoms with E-state index in [2.05, 4.69) is 9.71 Å². The number of nitrogens with one attached hydrogen (secondary N) is 1. The van der Waals surface area contributed by atoms with Crippen LogP contribution in [0.2, 0.25) is 0 Å². The van der Waals surface area contributed by atoms with Gasteiger partial charge in [0.25, 0.3) is 0 Å². The third-order valence-electron chi connectivity index (χ3n) is 3.11. The lowest BCUT2D eigenvalue weighted by atomic mass is 10.1. The molecule has 2 rings (SSSR count). The summed E-state index contributed by atoms with van der Waals surface area (Å²) in [7, 11) is -2.63. The Balaban J connectivity index is 2.19. The highest BCUT2D eigenvalue weighted by atomic mass is 32.2. The molecule has 1 aromatic heterocycles. The van der Waals surface area contributed by atoms with Crippen molar-refractivity contribution >= 4 is 21.8 Å². The third-order valence-corrected chi connectivity index (χ3v) is 4.57. The van der Waals surface area contributed by atoms with Crippen molar-refractivity contribution in [3.63, 3.8) is 0 Å². The highest BCUT2D eigenvalue weighted by Crippen LogP contribution is 2.15. The molecule has 1 unspecified atom stereocenters. The molecular formula is C12H12N4O4S. The molecule has 8 nitrogen and oxygen atoms in total. The van der Waals surface area contributed by atoms with Gasteiger partial charge >= 0.3 is 0 Å². The van der Waals surface area contributed by atoms with E-state index >= 15 is 0 Å². The number of aromatic nitrogens is 1. The summed E-state index contributed by atoms with van der Waals surface area (Å²) in [5.41, 5.74) is 0.0908. The lowest BCUT2D eigenvalue weighted by molar-refractivity contribution is -0.147. The lowest BCUT2D eigenvalue weighted by Crippen LogP contribution is -2.52. The van der Waals surface area contributed by atoms with Crippen LogP contribution >= 0.6 is 0 Å². The first-order valence-electron chi connectivity index (χ1n) is 6.04. The summed E-state index contributed by atoms with van der Waals surface area (Å²) in [4.78, 5) is 27.6. The van der Waals surface area contributed by atoms with Crippen molar-refractivity contribution in [3.8, 4) is 6.07 Å². The summed E-state index contributed by atoms with van der Waals surface area (Å²) in [6.07, 6.45) is 1.26. The number of likely N-dealkylation sites (N-methyl/N-ethyl adjacent to an activating group) is 1. The van der Waals surface area contributed by atoms with E-state index in [0.29, 0.717) is 0 Å². The van der Waals surface area contributed by atoms with Gasteiger partial charge in [-0.2, -0.15) is 9.98 Å². The SMILES string of the molecule is CN1C(=O)CCC(NS(=O)(=O)c2ccc(C#N)nc2)C1=O. The van der Waals surface area contributed by atoms with Gasteiger partial charge in [0.1, 0.15) is 22.7 Å². The van der Waals surface area contributed by atoms with Crippen molar-refractivity contribution in [1.29, 1.82) is 5.26 Å². The molecule has 2 heterocycles. The second-order valence-corrected chi connectivity index (χ2v) is 6.21. The van der Waals surface area contributed by atoms with E-state index < -0.39 is 22.0 Å². The zero-order valence-corrected chi connectivity index (χ0v) is 11.9. The molecule has 21 heavy (non-hydrogen) atoms. The maximum Gasteiger partial charge on any atom is 0.247 e. The minimum atomic E-state index is -3.94. The molecule has 1 N–H and O–H groups in total. The molecule has 1 fully saturated rings. The summed E-state index contributed by atoms with van der Waals surface area (Å²) in [5, 5.41) is 8.62. The van der Waals surface area contributed by atoms with E-state index in [1.165, 1.54) is 19.2 Å². The predicted molar refractivity (Wildman–Crippen MR) is 70.1 cm³/mol. The van der Waals surface area contributed by atoms with Crippen LogP contribution in [0.25, 0.3) is 0 Å². The second-order valence-electron chi connectivity index (χ2n) is 4.49. The molecular weight excluding hydrogens is 296 g/mol. The molecule has 1 saturated heterocycles. The number of likely N-dealkylation sites (tertiary alicyclic amines) is 1. The molecule has 9 heteroatoms. The number of amides is 2. The van der Waals surface area contributed by atoms with Crippen LogP contribution in [-0.2, 0) is 19.6 Å². The largest absolute Gasteiger partial charge is 0.284 e. The minimum Gasteiger partial charge on any atom is -0.284 e. The van der Waals surface area contributed by atoms with E-state index in [0.717, 1.165) is 11.1 Å². The molecule has 0 saturated carbocycles. The Morgan fingerprint density at radius 1 is 1.43 bits per heavy atom. The van der Waals surface area contributed by atoms with Crippen molar-refractivity contribution in [2.75, 3.05) is 7.05 Å². The number of hydrogen-bond donors (Lipinski definition) is 1. The summed E-state index contributed by atoms with van der Waals surface area (Å²) in [6, 6.07) is 3.30. The molecule has 1 aromatic rings. The predicted octanol–water partition coefficient (Wildman–Crippen LogP) is -0.621. The molecule has 0 bridgehead atoms. The zero-order valence-electron chi connectivity index (χ0n) is 11.1. The fourth-order valence-electron chi connectivity index (χ4n) is 1.89. The molecule has 110 valence electrons. The van der Waals surface area contributed by atoms with Crippen LogP contribution in [0.1, 0.15) is 18.5 Å². The van der Waals surface area contributed by atoms with Crippen molar-refractivity contribution in [2.24, 2.45) is 0 Å². The number of hydrogen-bond acceptors (Lipinski definition) is 6. The van der Waals surface area contributed by atoms with Gasteiger partial charge in [0.15, 0.2) is 0 Å². The van der Waals surface area contributed by atoms with Crippen molar-refractivity contribution in [1.82, 2.24) is 14.6 Å². The van der Waals surface area contributed by atoms with Crippen LogP contribution in [0.3, 0.4) is 0 Å². The van der Waals surface area contributed by atoms with Crippen LogP contribution in [-0.4, -0.2) is 43.2 Å². The number of carbonyl (C=O) groups is 2. The fraction of sp³-hybridized carbons (Fsp3) is 0.333. The molecule has 0 radical (unpaired) electrons. The molecule has 0 aliphatic carbocycles. The Bertz CT molecular complexity index is 721. The average Bonchev–Trinajstić information content (AvgIpc) is 2.48. The van der Waals surface area contributed by atoms with Crippen molar-refractivity contribution in [3.05, 3.63) is 24.0 Å². The van der Waals surface area contributed by atoms with Crippen molar-refractivity contribution in [2.45, 2.75) is 23.8 Å². The Morgan fingerprint density at radius 3 is 2.71 bits per heavy atom. The van der Waals surface area contributed by atoms with E-state index in [1.807, 2.05) is 0 Å². The van der Waals surface area contributed by atoms with Gasteiger partial charge in [-0.15, -0.1) is 0 Å². The van der Waals surface area contributed by atoms with Crippen LogP contribution in [0.5, 0.6) is 0 Å². The van der Waals surface area contributed by atoms with Gasteiger partial charge in [-0.05, 0) is 18.6 Å². The molecule has 1 aliphatic heterocycles. The molecule has 2 amide bonds. The van der Waals surface area contributed by atoms with Gasteiger partial charge in [0.05, 0.1) is 0 Å². The first-order valence-corrected chi connectivity index (χ1v) is 7.52. The number of piperidine rings is 1. The fourth-order valence-corrected chi connectivity index (χ4v) is 3.05. The van der Waals surface area contributed by atoms with Gasteiger partial charge in [0.2, 0.25) is 21.8 Å². The van der Waals surface area contributed by atoms with Crippen LogP contribution in [0.4, 0.5) is 0 Å². The topological polar surface area (TPSA) is 120 Å². The molecule has 0 aromatic carbocycles. The number of nitrogens with zero attached hydrogens (tertiary/aromatic N) is 3. The van der Waals surface area contributed by atoms with Gasteiger partial charge in [-0.1, -0.05) is 0 Å². The van der Waals surface area contributed by atoms with E-state index in [1.54, 1.807) is 6.07 Å². The second kappa shape index (κ2) is 5.59. The smallest absolute Gasteiger partial charge is 0.247 e. The summed E-state index contributed by atoms with van der Waals surface area (Å²) in [6.45, 7) is 0. The number of pyridine rings is 1. The van der Waals surface area contributed by atoms with Crippen LogP contribution in [0.15, 0.2) is 23.2 Å². The quantitative estimate of drug-likeness (QED) is 0.743. The normalized spacial score (nSPS) is 19.4. The Morgan fingerprint density at radius 2 is 2.14 bits per heavy atom. The Labute approximate surface area is 121 Å². The summed E-state index contributed by atoms with van der Waals surface area (Å²) < 4.78 is 26.5. The number of sulfonamides is 1. The Kier molecular flexibility index (Phi) is 4.02. The third kappa shape index (κ3) is 3.07. The maximum atomic E-state index is 12.1.